The van der Waals surface area contributed by atoms with Crippen LogP contribution in [0.4, 0.5) is 0 Å². The van der Waals surface area contributed by atoms with Gasteiger partial charge in [0.1, 0.15) is 6.61 Å². The molecule has 0 amide bonds. The second kappa shape index (κ2) is 8.48. The van der Waals surface area contributed by atoms with E-state index in [1.165, 1.54) is 13.2 Å². The monoisotopic (exact) mass is 270 g/mol. The average molecular weight is 270 g/mol. The number of hydrogen-bond acceptors (Lipinski definition) is 5. The standard InChI is InChI=1S/C9H14O3.C5H8O2/c1-3-8(10)12-7-9(4-2)5-11-6-9;1-4(2)5(6)7-3/h3H,1,4-7H2,2H3;1H2,2-3H3. The van der Waals surface area contributed by atoms with Crippen LogP contribution in [0.15, 0.2) is 24.8 Å². The molecule has 1 fully saturated rings. The van der Waals surface area contributed by atoms with Gasteiger partial charge >= 0.3 is 11.9 Å². The predicted octanol–water partition coefficient (Wildman–Crippen LogP) is 1.88. The molecule has 0 aromatic heterocycles. The molecular formula is C14H22O5. The summed E-state index contributed by atoms with van der Waals surface area (Å²) in [6.07, 6.45) is 2.17. The predicted molar refractivity (Wildman–Crippen MR) is 71.5 cm³/mol. The summed E-state index contributed by atoms with van der Waals surface area (Å²) in [4.78, 5) is 20.9. The number of ether oxygens (including phenoxy) is 3. The van der Waals surface area contributed by atoms with Crippen LogP contribution in [0.25, 0.3) is 0 Å². The molecule has 108 valence electrons. The second-order valence-corrected chi connectivity index (χ2v) is 4.43. The van der Waals surface area contributed by atoms with Crippen LogP contribution in [-0.4, -0.2) is 38.9 Å². The van der Waals surface area contributed by atoms with Gasteiger partial charge in [0, 0.05) is 11.6 Å². The smallest absolute Gasteiger partial charge is 0.332 e. The molecule has 1 saturated heterocycles. The van der Waals surface area contributed by atoms with Gasteiger partial charge in [-0.3, -0.25) is 0 Å². The van der Waals surface area contributed by atoms with E-state index in [1.807, 2.05) is 0 Å². The molecule has 0 unspecified atom stereocenters. The van der Waals surface area contributed by atoms with Gasteiger partial charge in [-0.1, -0.05) is 20.1 Å². The molecule has 1 aliphatic heterocycles. The lowest BCUT2D eigenvalue weighted by Gasteiger charge is -2.39. The van der Waals surface area contributed by atoms with Gasteiger partial charge in [0.2, 0.25) is 0 Å². The third kappa shape index (κ3) is 6.20. The number of methoxy groups -OCH3 is 1. The first kappa shape index (κ1) is 17.4. The molecule has 0 radical (unpaired) electrons. The molecule has 5 nitrogen and oxygen atoms in total. The molecule has 0 aromatic carbocycles. The van der Waals surface area contributed by atoms with Gasteiger partial charge in [-0.15, -0.1) is 0 Å². The van der Waals surface area contributed by atoms with Crippen LogP contribution in [-0.2, 0) is 23.8 Å². The van der Waals surface area contributed by atoms with Crippen molar-refractivity contribution in [3.8, 4) is 0 Å². The maximum atomic E-state index is 10.7. The van der Waals surface area contributed by atoms with E-state index in [0.29, 0.717) is 25.4 Å². The van der Waals surface area contributed by atoms with E-state index in [9.17, 15) is 9.59 Å². The van der Waals surface area contributed by atoms with Gasteiger partial charge in [0.25, 0.3) is 0 Å². The Balaban J connectivity index is 0.000000399. The fourth-order valence-electron chi connectivity index (χ4n) is 1.24. The fraction of sp³-hybridized carbons (Fsp3) is 0.571. The van der Waals surface area contributed by atoms with Gasteiger partial charge in [-0.25, -0.2) is 9.59 Å². The number of hydrogen-bond donors (Lipinski definition) is 0. The van der Waals surface area contributed by atoms with E-state index in [1.54, 1.807) is 6.92 Å². The highest BCUT2D eigenvalue weighted by Crippen LogP contribution is 2.31. The Morgan fingerprint density at radius 3 is 2.21 bits per heavy atom. The van der Waals surface area contributed by atoms with Crippen molar-refractivity contribution in [2.24, 2.45) is 5.41 Å². The summed E-state index contributed by atoms with van der Waals surface area (Å²) in [7, 11) is 1.33. The highest BCUT2D eigenvalue weighted by molar-refractivity contribution is 5.86. The van der Waals surface area contributed by atoms with Gasteiger partial charge < -0.3 is 14.2 Å². The van der Waals surface area contributed by atoms with Crippen LogP contribution in [0, 0.1) is 5.41 Å². The van der Waals surface area contributed by atoms with E-state index in [2.05, 4.69) is 24.8 Å². The molecule has 0 aliphatic carbocycles. The third-order valence-corrected chi connectivity index (χ3v) is 2.79. The second-order valence-electron chi connectivity index (χ2n) is 4.43. The van der Waals surface area contributed by atoms with Gasteiger partial charge in [0.15, 0.2) is 0 Å². The number of esters is 2. The number of carbonyl (C=O) groups is 2. The van der Waals surface area contributed by atoms with Crippen LogP contribution in [0.1, 0.15) is 20.3 Å². The normalized spacial score (nSPS) is 15.1. The SMILES string of the molecule is C=C(C)C(=O)OC.C=CC(=O)OCC1(CC)COC1. The van der Waals surface area contributed by atoms with E-state index < -0.39 is 0 Å². The minimum atomic E-state index is -0.352. The largest absolute Gasteiger partial charge is 0.466 e. The van der Waals surface area contributed by atoms with Crippen molar-refractivity contribution >= 4 is 11.9 Å². The summed E-state index contributed by atoms with van der Waals surface area (Å²) in [5, 5.41) is 0. The van der Waals surface area contributed by atoms with Crippen molar-refractivity contribution in [3.63, 3.8) is 0 Å². The Hall–Kier alpha value is -1.62. The maximum Gasteiger partial charge on any atom is 0.332 e. The van der Waals surface area contributed by atoms with Gasteiger partial charge in [0.05, 0.1) is 25.7 Å². The Kier molecular flexibility index (Phi) is 7.75. The molecule has 0 saturated carbocycles. The van der Waals surface area contributed by atoms with Crippen molar-refractivity contribution in [2.45, 2.75) is 20.3 Å². The van der Waals surface area contributed by atoms with Crippen molar-refractivity contribution in [1.82, 2.24) is 0 Å². The highest BCUT2D eigenvalue weighted by atomic mass is 16.5. The van der Waals surface area contributed by atoms with Gasteiger partial charge in [-0.05, 0) is 13.3 Å². The van der Waals surface area contributed by atoms with Crippen molar-refractivity contribution in [3.05, 3.63) is 24.8 Å². The Morgan fingerprint density at radius 1 is 1.42 bits per heavy atom. The Labute approximate surface area is 114 Å². The summed E-state index contributed by atoms with van der Waals surface area (Å²) in [5.74, 6) is -0.699. The van der Waals surface area contributed by atoms with E-state index in [0.717, 1.165) is 6.42 Å². The lowest BCUT2D eigenvalue weighted by atomic mass is 9.84. The van der Waals surface area contributed by atoms with Crippen LogP contribution >= 0.6 is 0 Å². The molecule has 19 heavy (non-hydrogen) atoms. The zero-order valence-corrected chi connectivity index (χ0v) is 11.9. The van der Waals surface area contributed by atoms with E-state index >= 15 is 0 Å². The zero-order valence-electron chi connectivity index (χ0n) is 11.9. The number of rotatable bonds is 5. The average Bonchev–Trinajstić information content (AvgIpc) is 2.37. The molecule has 1 heterocycles. The summed E-state index contributed by atoms with van der Waals surface area (Å²) in [6.45, 7) is 12.2. The molecule has 5 heteroatoms. The molecule has 1 rings (SSSR count). The van der Waals surface area contributed by atoms with Crippen LogP contribution in [0.2, 0.25) is 0 Å². The molecule has 1 aliphatic rings. The lowest BCUT2D eigenvalue weighted by molar-refractivity contribution is -0.166. The van der Waals surface area contributed by atoms with Crippen LogP contribution in [0.5, 0.6) is 0 Å². The zero-order chi connectivity index (χ0) is 14.9. The van der Waals surface area contributed by atoms with Crippen molar-refractivity contribution in [2.75, 3.05) is 26.9 Å². The molecule has 0 spiro atoms. The first-order valence-corrected chi connectivity index (χ1v) is 6.01. The topological polar surface area (TPSA) is 61.8 Å². The Morgan fingerprint density at radius 2 is 2.00 bits per heavy atom. The lowest BCUT2D eigenvalue weighted by Crippen LogP contribution is -2.46. The quantitative estimate of drug-likeness (QED) is 0.564. The minimum absolute atomic E-state index is 0.0820. The van der Waals surface area contributed by atoms with Crippen LogP contribution in [0.3, 0.4) is 0 Å². The molecule has 0 N–H and O–H groups in total. The third-order valence-electron chi connectivity index (χ3n) is 2.79. The van der Waals surface area contributed by atoms with Crippen molar-refractivity contribution < 1.29 is 23.8 Å². The van der Waals surface area contributed by atoms with Gasteiger partial charge in [-0.2, -0.15) is 0 Å². The summed E-state index contributed by atoms with van der Waals surface area (Å²) in [5.41, 5.74) is 0.515. The first-order chi connectivity index (χ1) is 8.90. The summed E-state index contributed by atoms with van der Waals surface area (Å²) < 4.78 is 14.3. The van der Waals surface area contributed by atoms with E-state index in [4.69, 9.17) is 9.47 Å². The molecule has 0 atom stereocenters. The molecule has 0 aromatic rings. The maximum absolute atomic E-state index is 10.7. The van der Waals surface area contributed by atoms with Crippen LogP contribution < -0.4 is 0 Å². The Bertz CT molecular complexity index is 336. The summed E-state index contributed by atoms with van der Waals surface area (Å²) in [6, 6.07) is 0. The fourth-order valence-corrected chi connectivity index (χ4v) is 1.24. The molecular weight excluding hydrogens is 248 g/mol. The summed E-state index contributed by atoms with van der Waals surface area (Å²) >= 11 is 0. The van der Waals surface area contributed by atoms with Crippen molar-refractivity contribution in [1.29, 1.82) is 0 Å². The highest BCUT2D eigenvalue weighted by Gasteiger charge is 2.37. The number of carbonyl (C=O) groups excluding carboxylic acids is 2. The van der Waals surface area contributed by atoms with E-state index in [-0.39, 0.29) is 17.4 Å². The first-order valence-electron chi connectivity index (χ1n) is 6.01. The molecule has 0 bridgehead atoms. The minimum Gasteiger partial charge on any atom is -0.466 e.